The van der Waals surface area contributed by atoms with Crippen LogP contribution in [0.2, 0.25) is 5.31 Å². The van der Waals surface area contributed by atoms with E-state index in [1.165, 1.54) is 32.1 Å². The molecule has 0 aromatic rings. The van der Waals surface area contributed by atoms with Gasteiger partial charge in [-0.25, -0.2) is 0 Å². The molecule has 1 heterocycles. The maximum atomic E-state index is 12.3. The molecule has 2 rings (SSSR count). The molecule has 2 nitrogen and oxygen atoms in total. The summed E-state index contributed by atoms with van der Waals surface area (Å²) >= 11 is 1.62. The van der Waals surface area contributed by atoms with Crippen molar-refractivity contribution in [1.29, 1.82) is 0 Å². The van der Waals surface area contributed by atoms with Gasteiger partial charge in [-0.05, 0) is 38.5 Å². The first kappa shape index (κ1) is 17.2. The highest BCUT2D eigenvalue weighted by atomic mass is 32.2. The van der Waals surface area contributed by atoms with Crippen LogP contribution in [0.4, 0.5) is 4.79 Å². The number of amides is 1. The minimum atomic E-state index is 0.319. The lowest BCUT2D eigenvalue weighted by Gasteiger charge is -2.36. The van der Waals surface area contributed by atoms with Gasteiger partial charge in [0.15, 0.2) is 0 Å². The zero-order valence-corrected chi connectivity index (χ0v) is 15.5. The second-order valence-corrected chi connectivity index (χ2v) is 9.43. The highest BCUT2D eigenvalue weighted by molar-refractivity contribution is 8.14. The van der Waals surface area contributed by atoms with E-state index in [4.69, 9.17) is 0 Å². The smallest absolute Gasteiger partial charge is 0.282 e. The lowest BCUT2D eigenvalue weighted by atomic mass is 9.55. The molecule has 0 bridgehead atoms. The van der Waals surface area contributed by atoms with Crippen LogP contribution in [0.3, 0.4) is 0 Å². The Labute approximate surface area is 136 Å². The zero-order valence-electron chi connectivity index (χ0n) is 14.7. The van der Waals surface area contributed by atoms with Crippen molar-refractivity contribution in [2.45, 2.75) is 89.4 Å². The summed E-state index contributed by atoms with van der Waals surface area (Å²) in [5.41, 5.74) is 0. The Morgan fingerprint density at radius 3 is 2.57 bits per heavy atom. The number of rotatable bonds is 2. The molecule has 0 aromatic carbocycles. The van der Waals surface area contributed by atoms with Crippen molar-refractivity contribution < 1.29 is 4.79 Å². The molecule has 120 valence electrons. The van der Waals surface area contributed by atoms with Crippen molar-refractivity contribution in [2.24, 2.45) is 11.8 Å². The maximum absolute atomic E-state index is 12.3. The van der Waals surface area contributed by atoms with Crippen molar-refractivity contribution >= 4 is 24.8 Å². The Balaban J connectivity index is 2.17. The normalized spacial score (nSPS) is 38.3. The molecule has 2 aliphatic rings. The van der Waals surface area contributed by atoms with E-state index in [0.717, 1.165) is 11.8 Å². The summed E-state index contributed by atoms with van der Waals surface area (Å²) < 4.78 is 0. The fourth-order valence-electron chi connectivity index (χ4n) is 4.32. The molecule has 0 radical (unpaired) electrons. The number of hydrogen-bond donors (Lipinski definition) is 0. The van der Waals surface area contributed by atoms with Crippen LogP contribution in [0.1, 0.15) is 66.7 Å². The third-order valence-corrected chi connectivity index (χ3v) is 7.12. The second kappa shape index (κ2) is 6.56. The van der Waals surface area contributed by atoms with Crippen LogP contribution in [-0.4, -0.2) is 35.3 Å². The largest absolute Gasteiger partial charge is 0.327 e. The molecular formula is C17H32BNOS. The SMILES string of the molecule is BC1(C(C)C)CCCC2C(CC(C)C1)SC(=O)N2C(C)C. The lowest BCUT2D eigenvalue weighted by Crippen LogP contribution is -2.41. The zero-order chi connectivity index (χ0) is 15.8. The first-order valence-corrected chi connectivity index (χ1v) is 9.61. The number of nitrogens with zero attached hydrogens (tertiary/aromatic N) is 1. The average Bonchev–Trinajstić information content (AvgIpc) is 2.66. The number of thioether (sulfide) groups is 1. The minimum absolute atomic E-state index is 0.319. The van der Waals surface area contributed by atoms with Gasteiger partial charge in [-0.2, -0.15) is 0 Å². The van der Waals surface area contributed by atoms with Crippen LogP contribution in [0, 0.1) is 11.8 Å². The molecule has 1 aliphatic heterocycles. The fraction of sp³-hybridized carbons (Fsp3) is 0.941. The van der Waals surface area contributed by atoms with Crippen molar-refractivity contribution in [3.05, 3.63) is 0 Å². The molecule has 1 saturated heterocycles. The van der Waals surface area contributed by atoms with Gasteiger partial charge in [0, 0.05) is 17.3 Å². The molecule has 0 N–H and O–H groups in total. The topological polar surface area (TPSA) is 20.3 Å². The van der Waals surface area contributed by atoms with Crippen LogP contribution >= 0.6 is 11.8 Å². The van der Waals surface area contributed by atoms with Crippen LogP contribution in [0.5, 0.6) is 0 Å². The van der Waals surface area contributed by atoms with E-state index >= 15 is 0 Å². The van der Waals surface area contributed by atoms with Gasteiger partial charge in [-0.3, -0.25) is 4.79 Å². The van der Waals surface area contributed by atoms with Crippen LogP contribution in [0.15, 0.2) is 0 Å². The van der Waals surface area contributed by atoms with Gasteiger partial charge in [-0.1, -0.05) is 57.1 Å². The standard InChI is InChI=1S/C17H32BNOS/c1-11(2)17(18)8-6-7-14-15(9-13(5)10-17)21-16(20)19(14)12(3)4/h11-15H,6-10,18H2,1-5H3. The molecule has 4 heteroatoms. The lowest BCUT2D eigenvalue weighted by molar-refractivity contribution is 0.176. The number of hydrogen-bond acceptors (Lipinski definition) is 2. The van der Waals surface area contributed by atoms with E-state index in [1.807, 2.05) is 0 Å². The van der Waals surface area contributed by atoms with Gasteiger partial charge in [0.05, 0.1) is 0 Å². The molecule has 4 atom stereocenters. The molecule has 0 aromatic heterocycles. The van der Waals surface area contributed by atoms with E-state index in [2.05, 4.69) is 47.4 Å². The maximum Gasteiger partial charge on any atom is 0.282 e. The highest BCUT2D eigenvalue weighted by Crippen LogP contribution is 2.48. The quantitative estimate of drug-likeness (QED) is 0.707. The molecule has 1 aliphatic carbocycles. The summed E-state index contributed by atoms with van der Waals surface area (Å²) in [6.45, 7) is 11.5. The Bertz CT molecular complexity index is 387. The highest BCUT2D eigenvalue weighted by Gasteiger charge is 2.43. The molecule has 1 saturated carbocycles. The van der Waals surface area contributed by atoms with Gasteiger partial charge < -0.3 is 4.90 Å². The summed E-state index contributed by atoms with van der Waals surface area (Å²) in [6, 6.07) is 0.812. The summed E-state index contributed by atoms with van der Waals surface area (Å²) in [7, 11) is 2.48. The fourth-order valence-corrected chi connectivity index (χ4v) is 5.90. The summed E-state index contributed by atoms with van der Waals surface area (Å²) in [5.74, 6) is 1.46. The molecule has 2 fully saturated rings. The minimum Gasteiger partial charge on any atom is -0.327 e. The van der Waals surface area contributed by atoms with E-state index in [1.54, 1.807) is 11.8 Å². The van der Waals surface area contributed by atoms with Crippen LogP contribution in [0.25, 0.3) is 0 Å². The third-order valence-electron chi connectivity index (χ3n) is 5.90. The van der Waals surface area contributed by atoms with E-state index in [-0.39, 0.29) is 0 Å². The first-order valence-electron chi connectivity index (χ1n) is 8.73. The van der Waals surface area contributed by atoms with E-state index in [0.29, 0.717) is 27.9 Å². The van der Waals surface area contributed by atoms with E-state index < -0.39 is 0 Å². The van der Waals surface area contributed by atoms with Crippen molar-refractivity contribution in [1.82, 2.24) is 4.90 Å². The summed E-state index contributed by atoms with van der Waals surface area (Å²) in [5, 5.41) is 1.30. The first-order chi connectivity index (χ1) is 9.74. The van der Waals surface area contributed by atoms with Gasteiger partial charge in [0.25, 0.3) is 5.24 Å². The predicted molar refractivity (Wildman–Crippen MR) is 95.9 cm³/mol. The van der Waals surface area contributed by atoms with E-state index in [9.17, 15) is 4.79 Å². The second-order valence-electron chi connectivity index (χ2n) is 8.24. The van der Waals surface area contributed by atoms with Crippen molar-refractivity contribution in [3.8, 4) is 0 Å². The van der Waals surface area contributed by atoms with Gasteiger partial charge in [-0.15, -0.1) is 0 Å². The van der Waals surface area contributed by atoms with Gasteiger partial charge in [0.2, 0.25) is 0 Å². The number of carbonyl (C=O) groups excluding carboxylic acids is 1. The average molecular weight is 309 g/mol. The summed E-state index contributed by atoms with van der Waals surface area (Å²) in [6.07, 6.45) is 6.27. The number of carbonyl (C=O) groups is 1. The van der Waals surface area contributed by atoms with Gasteiger partial charge in [0.1, 0.15) is 7.85 Å². The Kier molecular flexibility index (Phi) is 5.38. The van der Waals surface area contributed by atoms with Crippen molar-refractivity contribution in [3.63, 3.8) is 0 Å². The van der Waals surface area contributed by atoms with Gasteiger partial charge >= 0.3 is 0 Å². The molecular weight excluding hydrogens is 277 g/mol. The van der Waals surface area contributed by atoms with Crippen LogP contribution < -0.4 is 0 Å². The Hall–Kier alpha value is -0.115. The predicted octanol–water partition coefficient (Wildman–Crippen LogP) is 4.35. The molecule has 0 spiro atoms. The Morgan fingerprint density at radius 2 is 2.00 bits per heavy atom. The summed E-state index contributed by atoms with van der Waals surface area (Å²) in [4.78, 5) is 14.5. The van der Waals surface area contributed by atoms with Crippen LogP contribution in [-0.2, 0) is 0 Å². The molecule has 1 amide bonds. The molecule has 4 unspecified atom stereocenters. The number of fused-ring (bicyclic) bond motifs is 1. The van der Waals surface area contributed by atoms with Crippen molar-refractivity contribution in [2.75, 3.05) is 0 Å². The monoisotopic (exact) mass is 309 g/mol. The molecule has 21 heavy (non-hydrogen) atoms. The third kappa shape index (κ3) is 3.63. The Morgan fingerprint density at radius 1 is 1.33 bits per heavy atom.